The molecule has 0 atom stereocenters. The average Bonchev–Trinajstić information content (AvgIpc) is 3.17. The fourth-order valence-electron chi connectivity index (χ4n) is 3.76. The van der Waals surface area contributed by atoms with Crippen LogP contribution in [0.15, 0.2) is 23.2 Å². The summed E-state index contributed by atoms with van der Waals surface area (Å²) in [4.78, 5) is 4.27. The van der Waals surface area contributed by atoms with Crippen molar-refractivity contribution in [3.05, 3.63) is 23.8 Å². The summed E-state index contributed by atoms with van der Waals surface area (Å²) >= 11 is 0. The average molecular weight is 541 g/mol. The molecule has 9 heteroatoms. The van der Waals surface area contributed by atoms with E-state index in [1.54, 1.807) is 19.2 Å². The summed E-state index contributed by atoms with van der Waals surface area (Å²) in [6, 6.07) is 4.88. The number of ether oxygens (including phenoxy) is 3. The van der Waals surface area contributed by atoms with E-state index < -0.39 is 6.61 Å². The minimum Gasteiger partial charge on any atom is -0.497 e. The molecule has 0 aromatic heterocycles. The third kappa shape index (κ3) is 8.41. The topological polar surface area (TPSA) is 64.1 Å². The minimum atomic E-state index is -2.90. The van der Waals surface area contributed by atoms with E-state index in [4.69, 9.17) is 9.47 Å². The lowest BCUT2D eigenvalue weighted by Gasteiger charge is -2.30. The molecule has 0 heterocycles. The van der Waals surface area contributed by atoms with Gasteiger partial charge in [0.05, 0.1) is 7.11 Å². The van der Waals surface area contributed by atoms with Gasteiger partial charge in [0.15, 0.2) is 5.96 Å². The monoisotopic (exact) mass is 541 g/mol. The highest BCUT2D eigenvalue weighted by Crippen LogP contribution is 2.40. The Balaban J connectivity index is 0.00000450. The van der Waals surface area contributed by atoms with Gasteiger partial charge in [-0.25, -0.2) is 0 Å². The van der Waals surface area contributed by atoms with E-state index in [0.29, 0.717) is 23.8 Å². The zero-order valence-electron chi connectivity index (χ0n) is 18.0. The van der Waals surface area contributed by atoms with Crippen molar-refractivity contribution in [2.45, 2.75) is 52.2 Å². The van der Waals surface area contributed by atoms with Crippen LogP contribution >= 0.6 is 24.0 Å². The second kappa shape index (κ2) is 13.8. The van der Waals surface area contributed by atoms with Crippen molar-refractivity contribution in [1.29, 1.82) is 0 Å². The highest BCUT2D eigenvalue weighted by atomic mass is 127. The Morgan fingerprint density at radius 3 is 2.57 bits per heavy atom. The maximum atomic E-state index is 12.7. The van der Waals surface area contributed by atoms with Crippen LogP contribution in [0.4, 0.5) is 8.78 Å². The van der Waals surface area contributed by atoms with Crippen LogP contribution in [0, 0.1) is 5.41 Å². The molecule has 0 radical (unpaired) electrons. The zero-order chi connectivity index (χ0) is 21.1. The van der Waals surface area contributed by atoms with Gasteiger partial charge in [-0.2, -0.15) is 8.78 Å². The molecule has 30 heavy (non-hydrogen) atoms. The van der Waals surface area contributed by atoms with Crippen molar-refractivity contribution in [2.75, 3.05) is 33.9 Å². The maximum absolute atomic E-state index is 12.7. The second-order valence-electron chi connectivity index (χ2n) is 7.29. The van der Waals surface area contributed by atoms with E-state index in [1.165, 1.54) is 38.9 Å². The number of halogens is 3. The van der Waals surface area contributed by atoms with Gasteiger partial charge in [0.1, 0.15) is 11.5 Å². The molecule has 1 fully saturated rings. The van der Waals surface area contributed by atoms with Crippen LogP contribution < -0.4 is 20.1 Å². The standard InChI is InChI=1S/C21H33F2N3O3.HI/c1-4-28-12-11-21(9-5-6-10-21)15-26-20(24-2)25-14-16-7-8-17(27-3)13-18(16)29-19(22)23;/h7-8,13,19H,4-6,9-12,14-15H2,1-3H3,(H2,24,25,26);1H. The van der Waals surface area contributed by atoms with Gasteiger partial charge in [-0.3, -0.25) is 4.99 Å². The smallest absolute Gasteiger partial charge is 0.387 e. The molecule has 1 aromatic carbocycles. The molecule has 2 N–H and O–H groups in total. The Bertz CT molecular complexity index is 656. The number of rotatable bonds is 11. The van der Waals surface area contributed by atoms with E-state index >= 15 is 0 Å². The first-order valence-corrected chi connectivity index (χ1v) is 10.2. The zero-order valence-corrected chi connectivity index (χ0v) is 20.3. The van der Waals surface area contributed by atoms with Crippen LogP contribution in [0.5, 0.6) is 11.5 Å². The Kier molecular flexibility index (Phi) is 12.3. The van der Waals surface area contributed by atoms with Crippen molar-refractivity contribution in [3.8, 4) is 11.5 Å². The van der Waals surface area contributed by atoms with Crippen LogP contribution in [0.1, 0.15) is 44.6 Å². The quantitative estimate of drug-likeness (QED) is 0.186. The maximum Gasteiger partial charge on any atom is 0.387 e. The third-order valence-electron chi connectivity index (χ3n) is 5.44. The fourth-order valence-corrected chi connectivity index (χ4v) is 3.76. The van der Waals surface area contributed by atoms with Gasteiger partial charge in [0.2, 0.25) is 0 Å². The van der Waals surface area contributed by atoms with Crippen molar-refractivity contribution < 1.29 is 23.0 Å². The lowest BCUT2D eigenvalue weighted by Crippen LogP contribution is -2.43. The van der Waals surface area contributed by atoms with Gasteiger partial charge in [0.25, 0.3) is 0 Å². The molecule has 172 valence electrons. The lowest BCUT2D eigenvalue weighted by atomic mass is 9.83. The SMILES string of the molecule is CCOCCC1(CNC(=NC)NCc2ccc(OC)cc2OC(F)F)CCCC1.I. The molecule has 2 rings (SSSR count). The van der Waals surface area contributed by atoms with Gasteiger partial charge in [-0.05, 0) is 43.7 Å². The first-order chi connectivity index (χ1) is 14.0. The van der Waals surface area contributed by atoms with Gasteiger partial charge in [-0.1, -0.05) is 12.8 Å². The number of methoxy groups -OCH3 is 1. The van der Waals surface area contributed by atoms with E-state index in [0.717, 1.165) is 26.2 Å². The summed E-state index contributed by atoms with van der Waals surface area (Å²) in [6.07, 6.45) is 5.85. The van der Waals surface area contributed by atoms with Crippen molar-refractivity contribution >= 4 is 29.9 Å². The van der Waals surface area contributed by atoms with Crippen LogP contribution in [0.3, 0.4) is 0 Å². The predicted molar refractivity (Wildman–Crippen MR) is 125 cm³/mol. The predicted octanol–water partition coefficient (Wildman–Crippen LogP) is 4.57. The minimum absolute atomic E-state index is 0. The Hall–Kier alpha value is -1.36. The highest BCUT2D eigenvalue weighted by Gasteiger charge is 2.33. The summed E-state index contributed by atoms with van der Waals surface area (Å²) in [6.45, 7) is 1.73. The number of aliphatic imine (C=N–C) groups is 1. The van der Waals surface area contributed by atoms with Crippen LogP contribution in [0.25, 0.3) is 0 Å². The summed E-state index contributed by atoms with van der Waals surface area (Å²) in [7, 11) is 3.18. The largest absolute Gasteiger partial charge is 0.497 e. The van der Waals surface area contributed by atoms with Crippen molar-refractivity contribution in [3.63, 3.8) is 0 Å². The van der Waals surface area contributed by atoms with Gasteiger partial charge in [0, 0.05) is 45.0 Å². The summed E-state index contributed by atoms with van der Waals surface area (Å²) in [5.41, 5.74) is 0.817. The normalized spacial score (nSPS) is 15.6. The second-order valence-corrected chi connectivity index (χ2v) is 7.29. The van der Waals surface area contributed by atoms with Gasteiger partial charge < -0.3 is 24.8 Å². The molecule has 0 bridgehead atoms. The fraction of sp³-hybridized carbons (Fsp3) is 0.667. The van der Waals surface area contributed by atoms with Crippen molar-refractivity contribution in [1.82, 2.24) is 10.6 Å². The number of hydrogen-bond donors (Lipinski definition) is 2. The van der Waals surface area contributed by atoms with Crippen LogP contribution in [-0.2, 0) is 11.3 Å². The molecule has 0 spiro atoms. The number of benzene rings is 1. The molecule has 6 nitrogen and oxygen atoms in total. The molecule has 1 aliphatic rings. The number of alkyl halides is 2. The molecule has 0 saturated heterocycles. The molecule has 1 saturated carbocycles. The van der Waals surface area contributed by atoms with E-state index in [2.05, 4.69) is 20.4 Å². The van der Waals surface area contributed by atoms with E-state index in [1.807, 2.05) is 6.92 Å². The van der Waals surface area contributed by atoms with Crippen LogP contribution in [-0.4, -0.2) is 46.5 Å². The Morgan fingerprint density at radius 2 is 1.97 bits per heavy atom. The Morgan fingerprint density at radius 1 is 1.23 bits per heavy atom. The molecule has 1 aromatic rings. The Labute approximate surface area is 195 Å². The summed E-state index contributed by atoms with van der Waals surface area (Å²) < 4.78 is 40.8. The molecular weight excluding hydrogens is 507 g/mol. The molecular formula is C21H34F2IN3O3. The number of nitrogens with zero attached hydrogens (tertiary/aromatic N) is 1. The van der Waals surface area contributed by atoms with E-state index in [-0.39, 0.29) is 35.1 Å². The highest BCUT2D eigenvalue weighted by molar-refractivity contribution is 14.0. The van der Waals surface area contributed by atoms with Gasteiger partial charge in [-0.15, -0.1) is 24.0 Å². The lowest BCUT2D eigenvalue weighted by molar-refractivity contribution is -0.0505. The molecule has 0 unspecified atom stereocenters. The third-order valence-corrected chi connectivity index (χ3v) is 5.44. The summed E-state index contributed by atoms with van der Waals surface area (Å²) in [5.74, 6) is 1.18. The summed E-state index contributed by atoms with van der Waals surface area (Å²) in [5, 5.41) is 6.59. The number of hydrogen-bond acceptors (Lipinski definition) is 4. The van der Waals surface area contributed by atoms with Crippen molar-refractivity contribution in [2.24, 2.45) is 10.4 Å². The first kappa shape index (κ1) is 26.7. The van der Waals surface area contributed by atoms with Crippen LogP contribution in [0.2, 0.25) is 0 Å². The molecule has 0 amide bonds. The van der Waals surface area contributed by atoms with E-state index in [9.17, 15) is 8.78 Å². The first-order valence-electron chi connectivity index (χ1n) is 10.2. The molecule has 0 aliphatic heterocycles. The number of nitrogens with one attached hydrogen (secondary N) is 2. The molecule has 1 aliphatic carbocycles. The number of guanidine groups is 1. The van der Waals surface area contributed by atoms with Gasteiger partial charge >= 0.3 is 6.61 Å².